The van der Waals surface area contributed by atoms with Crippen LogP contribution >= 0.6 is 11.8 Å². The van der Waals surface area contributed by atoms with E-state index < -0.39 is 11.9 Å². The van der Waals surface area contributed by atoms with Crippen LogP contribution in [0.4, 0.5) is 4.79 Å². The Kier molecular flexibility index (Phi) is 5.43. The summed E-state index contributed by atoms with van der Waals surface area (Å²) in [4.78, 5) is 34.0. The number of aromatic nitrogens is 3. The second-order valence-electron chi connectivity index (χ2n) is 7.18. The summed E-state index contributed by atoms with van der Waals surface area (Å²) in [7, 11) is 0. The molecule has 2 N–H and O–H groups in total. The SMILES string of the molecule is O=C(CSc1nc2ccccc2c2nc3ccccc3n12)NC(=O)NCc1ccccc1. The van der Waals surface area contributed by atoms with Crippen LogP contribution in [-0.4, -0.2) is 32.1 Å². The largest absolute Gasteiger partial charge is 0.334 e. The van der Waals surface area contributed by atoms with Crippen LogP contribution in [0.1, 0.15) is 5.56 Å². The molecule has 5 rings (SSSR count). The van der Waals surface area contributed by atoms with Gasteiger partial charge in [0.2, 0.25) is 5.91 Å². The lowest BCUT2D eigenvalue weighted by atomic mass is 10.2. The first kappa shape index (κ1) is 20.0. The summed E-state index contributed by atoms with van der Waals surface area (Å²) in [5, 5.41) is 6.65. The Morgan fingerprint density at radius 3 is 2.41 bits per heavy atom. The lowest BCUT2D eigenvalue weighted by Crippen LogP contribution is -2.40. The summed E-state index contributed by atoms with van der Waals surface area (Å²) < 4.78 is 1.96. The first-order chi connectivity index (χ1) is 15.7. The maximum Gasteiger partial charge on any atom is 0.321 e. The Bertz CT molecular complexity index is 1450. The van der Waals surface area contributed by atoms with Crippen LogP contribution in [0.5, 0.6) is 0 Å². The third-order valence-electron chi connectivity index (χ3n) is 4.99. The predicted octanol–water partition coefficient (Wildman–Crippen LogP) is 4.15. The minimum Gasteiger partial charge on any atom is -0.334 e. The van der Waals surface area contributed by atoms with E-state index in [0.29, 0.717) is 11.7 Å². The van der Waals surface area contributed by atoms with E-state index in [1.807, 2.05) is 83.3 Å². The quantitative estimate of drug-likeness (QED) is 0.316. The van der Waals surface area contributed by atoms with Crippen molar-refractivity contribution in [2.45, 2.75) is 11.7 Å². The molecule has 0 bridgehead atoms. The molecule has 158 valence electrons. The Morgan fingerprint density at radius 2 is 1.56 bits per heavy atom. The van der Waals surface area contributed by atoms with Crippen molar-refractivity contribution >= 4 is 51.3 Å². The zero-order valence-corrected chi connectivity index (χ0v) is 17.8. The highest BCUT2D eigenvalue weighted by molar-refractivity contribution is 7.99. The fourth-order valence-corrected chi connectivity index (χ4v) is 4.33. The highest BCUT2D eigenvalue weighted by atomic mass is 32.2. The lowest BCUT2D eigenvalue weighted by Gasteiger charge is -2.09. The normalized spacial score (nSPS) is 11.1. The molecule has 3 amide bonds. The number of para-hydroxylation sites is 3. The van der Waals surface area contributed by atoms with Gasteiger partial charge in [0.1, 0.15) is 5.65 Å². The maximum atomic E-state index is 12.4. The molecule has 0 aliphatic carbocycles. The van der Waals surface area contributed by atoms with Crippen molar-refractivity contribution in [3.8, 4) is 0 Å². The van der Waals surface area contributed by atoms with Gasteiger partial charge in [-0.25, -0.2) is 14.8 Å². The molecule has 3 aromatic carbocycles. The highest BCUT2D eigenvalue weighted by Gasteiger charge is 2.16. The number of imide groups is 1. The second-order valence-corrected chi connectivity index (χ2v) is 8.12. The van der Waals surface area contributed by atoms with Crippen LogP contribution < -0.4 is 10.6 Å². The molecule has 0 saturated heterocycles. The van der Waals surface area contributed by atoms with Gasteiger partial charge >= 0.3 is 6.03 Å². The first-order valence-electron chi connectivity index (χ1n) is 10.1. The van der Waals surface area contributed by atoms with E-state index in [4.69, 9.17) is 9.97 Å². The average molecular weight is 442 g/mol. The van der Waals surface area contributed by atoms with Gasteiger partial charge in [0.05, 0.1) is 22.3 Å². The topological polar surface area (TPSA) is 88.4 Å². The van der Waals surface area contributed by atoms with E-state index in [0.717, 1.165) is 33.1 Å². The number of fused-ring (bicyclic) bond motifs is 5. The number of imidazole rings is 1. The van der Waals surface area contributed by atoms with E-state index in [1.165, 1.54) is 11.8 Å². The Labute approximate surface area is 187 Å². The minimum atomic E-state index is -0.524. The van der Waals surface area contributed by atoms with E-state index in [2.05, 4.69) is 10.6 Å². The van der Waals surface area contributed by atoms with Crippen molar-refractivity contribution in [3.05, 3.63) is 84.4 Å². The number of carbonyl (C=O) groups is 2. The number of thioether (sulfide) groups is 1. The van der Waals surface area contributed by atoms with Crippen LogP contribution in [0.3, 0.4) is 0 Å². The fourth-order valence-electron chi connectivity index (χ4n) is 3.53. The van der Waals surface area contributed by atoms with Gasteiger partial charge in [-0.15, -0.1) is 0 Å². The zero-order valence-electron chi connectivity index (χ0n) is 17.0. The summed E-state index contributed by atoms with van der Waals surface area (Å²) in [5.74, 6) is -0.348. The van der Waals surface area contributed by atoms with Crippen molar-refractivity contribution in [3.63, 3.8) is 0 Å². The third-order valence-corrected chi connectivity index (χ3v) is 5.93. The van der Waals surface area contributed by atoms with Crippen LogP contribution in [-0.2, 0) is 11.3 Å². The van der Waals surface area contributed by atoms with Gasteiger partial charge in [-0.05, 0) is 29.8 Å². The number of nitrogens with one attached hydrogen (secondary N) is 2. The summed E-state index contributed by atoms with van der Waals surface area (Å²) in [5.41, 5.74) is 4.33. The number of hydrogen-bond donors (Lipinski definition) is 2. The Morgan fingerprint density at radius 1 is 0.844 bits per heavy atom. The molecule has 0 spiro atoms. The van der Waals surface area contributed by atoms with Crippen molar-refractivity contribution < 1.29 is 9.59 Å². The molecular weight excluding hydrogens is 422 g/mol. The molecule has 2 heterocycles. The predicted molar refractivity (Wildman–Crippen MR) is 126 cm³/mol. The number of hydrogen-bond acceptors (Lipinski definition) is 5. The number of urea groups is 1. The molecule has 8 heteroatoms. The van der Waals surface area contributed by atoms with E-state index in [-0.39, 0.29) is 5.75 Å². The van der Waals surface area contributed by atoms with Crippen molar-refractivity contribution in [2.24, 2.45) is 0 Å². The Balaban J connectivity index is 1.34. The maximum absolute atomic E-state index is 12.4. The van der Waals surface area contributed by atoms with Gasteiger partial charge in [0, 0.05) is 11.9 Å². The van der Waals surface area contributed by atoms with Gasteiger partial charge in [0.15, 0.2) is 5.16 Å². The molecule has 0 aliphatic heterocycles. The zero-order chi connectivity index (χ0) is 21.9. The van der Waals surface area contributed by atoms with E-state index in [1.54, 1.807) is 0 Å². The lowest BCUT2D eigenvalue weighted by molar-refractivity contribution is -0.117. The molecule has 0 radical (unpaired) electrons. The fraction of sp³-hybridized carbons (Fsp3) is 0.0833. The molecule has 0 atom stereocenters. The Hall–Kier alpha value is -3.91. The van der Waals surface area contributed by atoms with Gasteiger partial charge in [-0.1, -0.05) is 66.4 Å². The highest BCUT2D eigenvalue weighted by Crippen LogP contribution is 2.28. The number of amides is 3. The van der Waals surface area contributed by atoms with Gasteiger partial charge < -0.3 is 5.32 Å². The second kappa shape index (κ2) is 8.68. The summed E-state index contributed by atoms with van der Waals surface area (Å²) in [6.45, 7) is 0.348. The van der Waals surface area contributed by atoms with E-state index >= 15 is 0 Å². The molecule has 0 aliphatic rings. The third kappa shape index (κ3) is 4.00. The van der Waals surface area contributed by atoms with Crippen molar-refractivity contribution in [1.29, 1.82) is 0 Å². The van der Waals surface area contributed by atoms with Crippen LogP contribution in [0, 0.1) is 0 Å². The minimum absolute atomic E-state index is 0.0473. The van der Waals surface area contributed by atoms with Gasteiger partial charge in [0.25, 0.3) is 0 Å². The number of rotatable bonds is 5. The molecular formula is C24H19N5O2S. The number of benzene rings is 3. The monoisotopic (exact) mass is 441 g/mol. The number of carbonyl (C=O) groups excluding carboxylic acids is 2. The molecule has 32 heavy (non-hydrogen) atoms. The van der Waals surface area contributed by atoms with Crippen LogP contribution in [0.25, 0.3) is 27.6 Å². The van der Waals surface area contributed by atoms with E-state index in [9.17, 15) is 9.59 Å². The molecule has 2 aromatic heterocycles. The summed E-state index contributed by atoms with van der Waals surface area (Å²) in [6, 6.07) is 24.6. The average Bonchev–Trinajstić information content (AvgIpc) is 3.22. The first-order valence-corrected chi connectivity index (χ1v) is 11.1. The standard InChI is InChI=1S/C24H19N5O2S/c30-21(28-23(31)25-14-16-8-2-1-3-9-16)15-32-24-27-18-11-5-4-10-17(18)22-26-19-12-6-7-13-20(19)29(22)24/h1-13H,14-15H2,(H2,25,28,30,31). The van der Waals surface area contributed by atoms with Crippen LogP contribution in [0.2, 0.25) is 0 Å². The molecule has 5 aromatic rings. The smallest absolute Gasteiger partial charge is 0.321 e. The van der Waals surface area contributed by atoms with Crippen LogP contribution in [0.15, 0.2) is 84.0 Å². The van der Waals surface area contributed by atoms with Crippen molar-refractivity contribution in [2.75, 3.05) is 5.75 Å². The molecule has 0 unspecified atom stereocenters. The van der Waals surface area contributed by atoms with Gasteiger partial charge in [-0.2, -0.15) is 0 Å². The molecule has 7 nitrogen and oxygen atoms in total. The molecule has 0 saturated carbocycles. The summed E-state index contributed by atoms with van der Waals surface area (Å²) >= 11 is 1.27. The summed E-state index contributed by atoms with van der Waals surface area (Å²) in [6.07, 6.45) is 0. The van der Waals surface area contributed by atoms with Crippen molar-refractivity contribution in [1.82, 2.24) is 25.0 Å². The molecule has 0 fully saturated rings. The number of nitrogens with zero attached hydrogens (tertiary/aromatic N) is 3. The van der Waals surface area contributed by atoms with Gasteiger partial charge in [-0.3, -0.25) is 14.5 Å².